The Morgan fingerprint density at radius 3 is 2.62 bits per heavy atom. The van der Waals surface area contributed by atoms with E-state index in [2.05, 4.69) is 20.5 Å². The Morgan fingerprint density at radius 1 is 1.09 bits per heavy atom. The first-order valence-electron chi connectivity index (χ1n) is 9.47. The summed E-state index contributed by atoms with van der Waals surface area (Å²) in [6.07, 6.45) is -1.26. The number of benzene rings is 2. The van der Waals surface area contributed by atoms with Crippen LogP contribution in [0.2, 0.25) is 5.02 Å². The van der Waals surface area contributed by atoms with Crippen LogP contribution in [0.1, 0.15) is 21.5 Å². The van der Waals surface area contributed by atoms with Crippen molar-refractivity contribution in [2.75, 3.05) is 5.32 Å². The number of carbonyl (C=O) groups is 1. The lowest BCUT2D eigenvalue weighted by atomic mass is 10.0. The molecule has 2 heterocycles. The Bertz CT molecular complexity index is 1290. The van der Waals surface area contributed by atoms with Crippen molar-refractivity contribution in [1.82, 2.24) is 15.2 Å². The number of nitrogens with zero attached hydrogens (tertiary/aromatic N) is 2. The number of aryl methyl sites for hydroxylation is 1. The lowest BCUT2D eigenvalue weighted by Crippen LogP contribution is -2.13. The molecule has 0 saturated carbocycles. The van der Waals surface area contributed by atoms with E-state index in [-0.39, 0.29) is 11.3 Å². The molecule has 4 aromatic rings. The Labute approximate surface area is 186 Å². The molecule has 0 bridgehead atoms. The number of aromatic nitrogens is 3. The van der Waals surface area contributed by atoms with Gasteiger partial charge in [-0.1, -0.05) is 17.7 Å². The van der Waals surface area contributed by atoms with Crippen LogP contribution in [0.15, 0.2) is 67.0 Å². The van der Waals surface area contributed by atoms with E-state index in [0.29, 0.717) is 11.4 Å². The average molecular weight is 457 g/mol. The molecule has 0 aliphatic rings. The van der Waals surface area contributed by atoms with Crippen molar-refractivity contribution in [1.29, 1.82) is 0 Å². The summed E-state index contributed by atoms with van der Waals surface area (Å²) < 4.78 is 39.3. The summed E-state index contributed by atoms with van der Waals surface area (Å²) in [5, 5.41) is 9.32. The molecule has 0 aliphatic heterocycles. The van der Waals surface area contributed by atoms with Gasteiger partial charge in [0.2, 0.25) is 0 Å². The van der Waals surface area contributed by atoms with Crippen molar-refractivity contribution in [3.63, 3.8) is 0 Å². The molecule has 0 aliphatic carbocycles. The zero-order valence-corrected chi connectivity index (χ0v) is 17.4. The van der Waals surface area contributed by atoms with Gasteiger partial charge < -0.3 is 5.32 Å². The molecule has 0 unspecified atom stereocenters. The van der Waals surface area contributed by atoms with E-state index < -0.39 is 22.7 Å². The first-order chi connectivity index (χ1) is 15.2. The second-order valence-electron chi connectivity index (χ2n) is 7.08. The fraction of sp³-hybridized carbons (Fsp3) is 0.0870. The van der Waals surface area contributed by atoms with Crippen LogP contribution in [-0.4, -0.2) is 21.1 Å². The number of rotatable bonds is 4. The maximum atomic E-state index is 13.1. The average Bonchev–Trinajstić information content (AvgIpc) is 3.25. The molecule has 2 N–H and O–H groups in total. The number of pyridine rings is 1. The van der Waals surface area contributed by atoms with E-state index in [1.54, 1.807) is 36.7 Å². The van der Waals surface area contributed by atoms with Crippen LogP contribution in [0.4, 0.5) is 18.9 Å². The summed E-state index contributed by atoms with van der Waals surface area (Å²) in [5.41, 5.74) is 3.14. The minimum Gasteiger partial charge on any atom is -0.322 e. The third kappa shape index (κ3) is 4.50. The molecular weight excluding hydrogens is 441 g/mol. The molecule has 4 rings (SSSR count). The van der Waals surface area contributed by atoms with Gasteiger partial charge in [-0.05, 0) is 61.0 Å². The number of nitrogens with one attached hydrogen (secondary N) is 2. The molecule has 5 nitrogen and oxygen atoms in total. The van der Waals surface area contributed by atoms with Gasteiger partial charge in [-0.3, -0.25) is 14.9 Å². The number of hydrogen-bond acceptors (Lipinski definition) is 3. The first kappa shape index (κ1) is 21.6. The predicted molar refractivity (Wildman–Crippen MR) is 116 cm³/mol. The fourth-order valence-electron chi connectivity index (χ4n) is 3.20. The van der Waals surface area contributed by atoms with E-state index >= 15 is 0 Å². The van der Waals surface area contributed by atoms with Crippen LogP contribution >= 0.6 is 11.6 Å². The second kappa shape index (κ2) is 8.47. The van der Waals surface area contributed by atoms with Gasteiger partial charge in [-0.15, -0.1) is 0 Å². The quantitative estimate of drug-likeness (QED) is 0.374. The minimum absolute atomic E-state index is 0.00532. The van der Waals surface area contributed by atoms with Crippen LogP contribution in [0, 0.1) is 6.92 Å². The third-order valence-corrected chi connectivity index (χ3v) is 5.18. The number of H-pyrrole nitrogens is 1. The van der Waals surface area contributed by atoms with Gasteiger partial charge in [0.15, 0.2) is 0 Å². The number of alkyl halides is 3. The highest BCUT2D eigenvalue weighted by Gasteiger charge is 2.33. The summed E-state index contributed by atoms with van der Waals surface area (Å²) in [5.74, 6) is -0.548. The number of halogens is 4. The van der Waals surface area contributed by atoms with E-state index in [1.165, 1.54) is 6.07 Å². The van der Waals surface area contributed by atoms with Gasteiger partial charge in [0.05, 0.1) is 22.0 Å². The molecule has 0 fully saturated rings. The zero-order chi connectivity index (χ0) is 22.9. The summed E-state index contributed by atoms with van der Waals surface area (Å²) in [7, 11) is 0. The molecule has 2 aromatic heterocycles. The van der Waals surface area contributed by atoms with Gasteiger partial charge in [0.25, 0.3) is 5.91 Å². The SMILES string of the molecule is Cc1ccc(C(=O)Nc2ccc(Cl)c(C(F)(F)F)c2)cc1-c1cc(-c2cccnc2)n[nH]1. The number of carbonyl (C=O) groups excluding carboxylic acids is 1. The number of amides is 1. The summed E-state index contributed by atoms with van der Waals surface area (Å²) in [6, 6.07) is 13.8. The molecule has 9 heteroatoms. The molecule has 0 radical (unpaired) electrons. The van der Waals surface area contributed by atoms with Crippen LogP contribution < -0.4 is 5.32 Å². The highest BCUT2D eigenvalue weighted by atomic mass is 35.5. The smallest absolute Gasteiger partial charge is 0.322 e. The zero-order valence-electron chi connectivity index (χ0n) is 16.7. The summed E-state index contributed by atoms with van der Waals surface area (Å²) in [4.78, 5) is 16.8. The predicted octanol–water partition coefficient (Wildman–Crippen LogP) is 6.37. The first-order valence-corrected chi connectivity index (χ1v) is 9.85. The Balaban J connectivity index is 1.61. The number of hydrogen-bond donors (Lipinski definition) is 2. The highest BCUT2D eigenvalue weighted by Crippen LogP contribution is 2.36. The van der Waals surface area contributed by atoms with Crippen LogP contribution in [-0.2, 0) is 6.18 Å². The van der Waals surface area contributed by atoms with Crippen molar-refractivity contribution >= 4 is 23.2 Å². The molecule has 0 saturated heterocycles. The van der Waals surface area contributed by atoms with Crippen LogP contribution in [0.5, 0.6) is 0 Å². The normalized spacial score (nSPS) is 11.4. The van der Waals surface area contributed by atoms with Crippen LogP contribution in [0.25, 0.3) is 22.5 Å². The minimum atomic E-state index is -4.62. The molecule has 2 aromatic carbocycles. The fourth-order valence-corrected chi connectivity index (χ4v) is 3.42. The van der Waals surface area contributed by atoms with Gasteiger partial charge >= 0.3 is 6.18 Å². The second-order valence-corrected chi connectivity index (χ2v) is 7.49. The van der Waals surface area contributed by atoms with Crippen molar-refractivity contribution < 1.29 is 18.0 Å². The maximum Gasteiger partial charge on any atom is 0.417 e. The largest absolute Gasteiger partial charge is 0.417 e. The van der Waals surface area contributed by atoms with Crippen molar-refractivity contribution in [2.24, 2.45) is 0 Å². The van der Waals surface area contributed by atoms with E-state index in [9.17, 15) is 18.0 Å². The van der Waals surface area contributed by atoms with Crippen molar-refractivity contribution in [3.8, 4) is 22.5 Å². The van der Waals surface area contributed by atoms with Gasteiger partial charge in [0, 0.05) is 34.8 Å². The van der Waals surface area contributed by atoms with Gasteiger partial charge in [0.1, 0.15) is 0 Å². The summed E-state index contributed by atoms with van der Waals surface area (Å²) in [6.45, 7) is 1.89. The van der Waals surface area contributed by atoms with Crippen molar-refractivity contribution in [2.45, 2.75) is 13.1 Å². The third-order valence-electron chi connectivity index (χ3n) is 4.85. The Hall–Kier alpha value is -3.65. The Morgan fingerprint density at radius 2 is 1.91 bits per heavy atom. The summed E-state index contributed by atoms with van der Waals surface area (Å²) >= 11 is 5.64. The van der Waals surface area contributed by atoms with E-state index in [0.717, 1.165) is 28.8 Å². The van der Waals surface area contributed by atoms with E-state index in [1.807, 2.05) is 19.1 Å². The molecule has 0 spiro atoms. The molecule has 32 heavy (non-hydrogen) atoms. The van der Waals surface area contributed by atoms with Crippen molar-refractivity contribution in [3.05, 3.63) is 88.7 Å². The highest BCUT2D eigenvalue weighted by molar-refractivity contribution is 6.31. The number of aromatic amines is 1. The van der Waals surface area contributed by atoms with Gasteiger partial charge in [-0.25, -0.2) is 0 Å². The van der Waals surface area contributed by atoms with Crippen LogP contribution in [0.3, 0.4) is 0 Å². The standard InChI is InChI=1S/C23H16ClF3N4O/c1-13-4-5-14(22(32)29-16-6-7-19(24)18(10-16)23(25,26)27)9-17(13)21-11-20(30-31-21)15-3-2-8-28-12-15/h2-12H,1H3,(H,29,32)(H,30,31). The molecule has 1 amide bonds. The topological polar surface area (TPSA) is 70.7 Å². The monoisotopic (exact) mass is 456 g/mol. The molecular formula is C23H16ClF3N4O. The van der Waals surface area contributed by atoms with Gasteiger partial charge in [-0.2, -0.15) is 18.3 Å². The number of anilines is 1. The Kier molecular flexibility index (Phi) is 5.71. The molecule has 0 atom stereocenters. The van der Waals surface area contributed by atoms with E-state index in [4.69, 9.17) is 11.6 Å². The lowest BCUT2D eigenvalue weighted by Gasteiger charge is -2.12. The lowest BCUT2D eigenvalue weighted by molar-refractivity contribution is -0.137. The molecule has 162 valence electrons. The maximum absolute atomic E-state index is 13.1.